The predicted octanol–water partition coefficient (Wildman–Crippen LogP) is 2.98. The molecule has 0 aliphatic carbocycles. The topological polar surface area (TPSA) is 50.7 Å². The summed E-state index contributed by atoms with van der Waals surface area (Å²) in [6.07, 6.45) is 6.59. The number of anilines is 1. The molecular weight excluding hydrogens is 232 g/mol. The van der Waals surface area contributed by atoms with Crippen LogP contribution in [0.3, 0.4) is 0 Å². The van der Waals surface area contributed by atoms with Crippen LogP contribution in [0.1, 0.15) is 35.3 Å². The molecule has 90 valence electrons. The molecule has 0 fully saturated rings. The van der Waals surface area contributed by atoms with Crippen LogP contribution < -0.4 is 5.32 Å². The van der Waals surface area contributed by atoms with Crippen molar-refractivity contribution in [1.82, 2.24) is 15.0 Å². The standard InChI is InChI=1S/C12H16N4S/c1-4-10-7-13-11(17-10)9(3)16-12-14-5-8(2)6-15-12/h5-7,9H,4H2,1-3H3,(H,14,15,16). The zero-order valence-electron chi connectivity index (χ0n) is 10.3. The van der Waals surface area contributed by atoms with Crippen LogP contribution in [0.15, 0.2) is 18.6 Å². The minimum Gasteiger partial charge on any atom is -0.345 e. The molecule has 0 spiro atoms. The van der Waals surface area contributed by atoms with Crippen LogP contribution in [-0.2, 0) is 6.42 Å². The van der Waals surface area contributed by atoms with Crippen LogP contribution >= 0.6 is 11.3 Å². The fraction of sp³-hybridized carbons (Fsp3) is 0.417. The van der Waals surface area contributed by atoms with Crippen molar-refractivity contribution in [2.75, 3.05) is 5.32 Å². The quantitative estimate of drug-likeness (QED) is 0.903. The molecule has 0 aromatic carbocycles. The molecule has 4 nitrogen and oxygen atoms in total. The van der Waals surface area contributed by atoms with Crippen molar-refractivity contribution < 1.29 is 0 Å². The smallest absolute Gasteiger partial charge is 0.223 e. The van der Waals surface area contributed by atoms with Gasteiger partial charge in [-0.25, -0.2) is 15.0 Å². The van der Waals surface area contributed by atoms with Crippen LogP contribution in [-0.4, -0.2) is 15.0 Å². The van der Waals surface area contributed by atoms with Gasteiger partial charge in [0.25, 0.3) is 0 Å². The molecule has 0 bridgehead atoms. The fourth-order valence-electron chi connectivity index (χ4n) is 1.41. The Morgan fingerprint density at radius 1 is 1.24 bits per heavy atom. The number of thiazole rings is 1. The number of hydrogen-bond acceptors (Lipinski definition) is 5. The van der Waals surface area contributed by atoms with Gasteiger partial charge >= 0.3 is 0 Å². The Hall–Kier alpha value is -1.49. The second-order valence-electron chi connectivity index (χ2n) is 3.97. The maximum Gasteiger partial charge on any atom is 0.223 e. The Kier molecular flexibility index (Phi) is 3.68. The van der Waals surface area contributed by atoms with Crippen LogP contribution in [0.5, 0.6) is 0 Å². The Morgan fingerprint density at radius 3 is 2.53 bits per heavy atom. The first-order valence-corrected chi connectivity index (χ1v) is 6.50. The maximum atomic E-state index is 4.40. The van der Waals surface area contributed by atoms with E-state index in [1.54, 1.807) is 23.7 Å². The monoisotopic (exact) mass is 248 g/mol. The molecule has 0 radical (unpaired) electrons. The van der Waals surface area contributed by atoms with Gasteiger partial charge in [0.2, 0.25) is 5.95 Å². The largest absolute Gasteiger partial charge is 0.345 e. The maximum absolute atomic E-state index is 4.40. The van der Waals surface area contributed by atoms with Gasteiger partial charge in [0.15, 0.2) is 0 Å². The third-order valence-electron chi connectivity index (χ3n) is 2.42. The van der Waals surface area contributed by atoms with E-state index in [-0.39, 0.29) is 6.04 Å². The van der Waals surface area contributed by atoms with Gasteiger partial charge in [0, 0.05) is 23.5 Å². The minimum absolute atomic E-state index is 0.142. The van der Waals surface area contributed by atoms with Crippen molar-refractivity contribution in [1.29, 1.82) is 0 Å². The summed E-state index contributed by atoms with van der Waals surface area (Å²) >= 11 is 1.73. The Bertz CT molecular complexity index is 478. The van der Waals surface area contributed by atoms with Crippen LogP contribution in [0.25, 0.3) is 0 Å². The van der Waals surface area contributed by atoms with Crippen molar-refractivity contribution in [3.63, 3.8) is 0 Å². The van der Waals surface area contributed by atoms with E-state index in [1.807, 2.05) is 13.1 Å². The lowest BCUT2D eigenvalue weighted by Crippen LogP contribution is -2.08. The summed E-state index contributed by atoms with van der Waals surface area (Å²) in [6, 6.07) is 0.142. The molecule has 2 aromatic rings. The molecule has 2 aromatic heterocycles. The van der Waals surface area contributed by atoms with Crippen LogP contribution in [0.2, 0.25) is 0 Å². The highest BCUT2D eigenvalue weighted by atomic mass is 32.1. The van der Waals surface area contributed by atoms with Crippen molar-refractivity contribution in [3.8, 4) is 0 Å². The Balaban J connectivity index is 2.05. The molecule has 0 saturated carbocycles. The van der Waals surface area contributed by atoms with Crippen LogP contribution in [0.4, 0.5) is 5.95 Å². The van der Waals surface area contributed by atoms with Gasteiger partial charge in [0.1, 0.15) is 5.01 Å². The average molecular weight is 248 g/mol. The van der Waals surface area contributed by atoms with Gasteiger partial charge in [-0.3, -0.25) is 0 Å². The van der Waals surface area contributed by atoms with Crippen LogP contribution in [0, 0.1) is 6.92 Å². The summed E-state index contributed by atoms with van der Waals surface area (Å²) in [7, 11) is 0. The number of aromatic nitrogens is 3. The zero-order chi connectivity index (χ0) is 12.3. The van der Waals surface area contributed by atoms with E-state index in [0.29, 0.717) is 5.95 Å². The SMILES string of the molecule is CCc1cnc(C(C)Nc2ncc(C)cn2)s1. The lowest BCUT2D eigenvalue weighted by Gasteiger charge is -2.10. The highest BCUT2D eigenvalue weighted by molar-refractivity contribution is 7.11. The molecular formula is C12H16N4S. The van der Waals surface area contributed by atoms with E-state index in [4.69, 9.17) is 0 Å². The van der Waals surface area contributed by atoms with Gasteiger partial charge in [0.05, 0.1) is 6.04 Å². The second-order valence-corrected chi connectivity index (χ2v) is 5.12. The van der Waals surface area contributed by atoms with Gasteiger partial charge in [-0.15, -0.1) is 11.3 Å². The molecule has 1 unspecified atom stereocenters. The van der Waals surface area contributed by atoms with E-state index in [9.17, 15) is 0 Å². The molecule has 2 heterocycles. The number of hydrogen-bond donors (Lipinski definition) is 1. The van der Waals surface area contributed by atoms with Crippen molar-refractivity contribution in [2.45, 2.75) is 33.2 Å². The van der Waals surface area contributed by atoms with Crippen molar-refractivity contribution >= 4 is 17.3 Å². The average Bonchev–Trinajstić information content (AvgIpc) is 2.81. The third-order valence-corrected chi connectivity index (χ3v) is 3.74. The van der Waals surface area contributed by atoms with Gasteiger partial charge in [-0.1, -0.05) is 6.92 Å². The van der Waals surface area contributed by atoms with Gasteiger partial charge in [-0.05, 0) is 25.8 Å². The van der Waals surface area contributed by atoms with Gasteiger partial charge in [-0.2, -0.15) is 0 Å². The summed E-state index contributed by atoms with van der Waals surface area (Å²) < 4.78 is 0. The van der Waals surface area contributed by atoms with E-state index in [1.165, 1.54) is 4.88 Å². The molecule has 1 atom stereocenters. The summed E-state index contributed by atoms with van der Waals surface area (Å²) in [5.74, 6) is 0.649. The Morgan fingerprint density at radius 2 is 1.94 bits per heavy atom. The Labute approximate surface area is 105 Å². The van der Waals surface area contributed by atoms with Gasteiger partial charge < -0.3 is 5.32 Å². The molecule has 2 rings (SSSR count). The second kappa shape index (κ2) is 5.23. The first-order chi connectivity index (χ1) is 8.19. The van der Waals surface area contributed by atoms with Crippen molar-refractivity contribution in [3.05, 3.63) is 34.0 Å². The molecule has 0 saturated heterocycles. The molecule has 0 amide bonds. The summed E-state index contributed by atoms with van der Waals surface area (Å²) in [6.45, 7) is 6.18. The summed E-state index contributed by atoms with van der Waals surface area (Å²) in [4.78, 5) is 14.2. The number of nitrogens with one attached hydrogen (secondary N) is 1. The molecule has 5 heteroatoms. The fourth-order valence-corrected chi connectivity index (χ4v) is 2.27. The summed E-state index contributed by atoms with van der Waals surface area (Å²) in [5.41, 5.74) is 1.06. The van der Waals surface area contributed by atoms with E-state index in [2.05, 4.69) is 34.1 Å². The van der Waals surface area contributed by atoms with E-state index < -0.39 is 0 Å². The van der Waals surface area contributed by atoms with E-state index in [0.717, 1.165) is 17.0 Å². The molecule has 0 aliphatic rings. The van der Waals surface area contributed by atoms with E-state index >= 15 is 0 Å². The predicted molar refractivity (Wildman–Crippen MR) is 70.3 cm³/mol. The lowest BCUT2D eigenvalue weighted by atomic mass is 10.3. The van der Waals surface area contributed by atoms with Crippen molar-refractivity contribution in [2.24, 2.45) is 0 Å². The normalized spacial score (nSPS) is 12.4. The summed E-state index contributed by atoms with van der Waals surface area (Å²) in [5, 5.41) is 4.32. The number of rotatable bonds is 4. The molecule has 1 N–H and O–H groups in total. The first-order valence-electron chi connectivity index (χ1n) is 5.69. The zero-order valence-corrected chi connectivity index (χ0v) is 11.1. The third kappa shape index (κ3) is 3.00. The first kappa shape index (κ1) is 12.0. The highest BCUT2D eigenvalue weighted by Crippen LogP contribution is 2.22. The number of aryl methyl sites for hydroxylation is 2. The molecule has 17 heavy (non-hydrogen) atoms. The highest BCUT2D eigenvalue weighted by Gasteiger charge is 2.10. The lowest BCUT2D eigenvalue weighted by molar-refractivity contribution is 0.846. The minimum atomic E-state index is 0.142. The number of nitrogens with zero attached hydrogens (tertiary/aromatic N) is 3. The molecule has 0 aliphatic heterocycles.